The number of halogens is 1. The molecule has 3 atom stereocenters. The Morgan fingerprint density at radius 2 is 2.15 bits per heavy atom. The van der Waals surface area contributed by atoms with Crippen molar-refractivity contribution in [3.05, 3.63) is 28.7 Å². The summed E-state index contributed by atoms with van der Waals surface area (Å²) >= 11 is 5.63. The highest BCUT2D eigenvalue weighted by molar-refractivity contribution is 9.10. The Morgan fingerprint density at radius 1 is 1.35 bits per heavy atom. The predicted molar refractivity (Wildman–Crippen MR) is 93.4 cm³/mol. The minimum absolute atomic E-state index is 0.666. The van der Waals surface area contributed by atoms with Gasteiger partial charge in [-0.05, 0) is 55.8 Å². The molecule has 3 unspecified atom stereocenters. The Balaban J connectivity index is 2.06. The van der Waals surface area contributed by atoms with Crippen LogP contribution in [0.1, 0.15) is 40.0 Å². The minimum Gasteiger partial charge on any atom is -0.313 e. The van der Waals surface area contributed by atoms with Gasteiger partial charge in [0.15, 0.2) is 0 Å². The molecule has 0 bridgehead atoms. The summed E-state index contributed by atoms with van der Waals surface area (Å²) in [6.45, 7) is 8.04. The van der Waals surface area contributed by atoms with Gasteiger partial charge in [0.2, 0.25) is 0 Å². The molecular weight excluding hydrogens is 330 g/mol. The van der Waals surface area contributed by atoms with Crippen LogP contribution in [0.25, 0.3) is 0 Å². The fourth-order valence-corrected chi connectivity index (χ4v) is 5.10. The maximum Gasteiger partial charge on any atom is 0.0251 e. The maximum atomic E-state index is 3.70. The number of hydrogen-bond acceptors (Lipinski definition) is 2. The molecule has 0 aromatic heterocycles. The average Bonchev–Trinajstić information content (AvgIpc) is 2.41. The summed E-state index contributed by atoms with van der Waals surface area (Å²) in [6, 6.07) is 9.38. The molecule has 112 valence electrons. The van der Waals surface area contributed by atoms with Gasteiger partial charge in [0.05, 0.1) is 0 Å². The smallest absolute Gasteiger partial charge is 0.0251 e. The largest absolute Gasteiger partial charge is 0.313 e. The normalized spacial score (nSPS) is 26.9. The lowest BCUT2D eigenvalue weighted by atomic mass is 9.79. The maximum absolute atomic E-state index is 3.70. The van der Waals surface area contributed by atoms with Gasteiger partial charge in [-0.25, -0.2) is 0 Å². The SMILES string of the molecule is CCNC1CCC(C(C)C)CC1Sc1cccc(Br)c1. The number of nitrogens with one attached hydrogen (secondary N) is 1. The second kappa shape index (κ2) is 7.86. The van der Waals surface area contributed by atoms with Gasteiger partial charge in [0.25, 0.3) is 0 Å². The van der Waals surface area contributed by atoms with Crippen LogP contribution in [-0.4, -0.2) is 17.8 Å². The Labute approximate surface area is 136 Å². The molecule has 1 aliphatic carbocycles. The summed E-state index contributed by atoms with van der Waals surface area (Å²) in [5, 5.41) is 4.40. The molecule has 0 spiro atoms. The molecule has 20 heavy (non-hydrogen) atoms. The summed E-state index contributed by atoms with van der Waals surface area (Å²) < 4.78 is 1.18. The summed E-state index contributed by atoms with van der Waals surface area (Å²) in [5.41, 5.74) is 0. The highest BCUT2D eigenvalue weighted by Crippen LogP contribution is 2.39. The van der Waals surface area contributed by atoms with E-state index < -0.39 is 0 Å². The summed E-state index contributed by atoms with van der Waals surface area (Å²) in [4.78, 5) is 1.39. The standard InChI is InChI=1S/C17H26BrNS/c1-4-19-16-9-8-13(12(2)3)10-17(16)20-15-7-5-6-14(18)11-15/h5-7,11-13,16-17,19H,4,8-10H2,1-3H3. The zero-order valence-corrected chi connectivity index (χ0v) is 15.1. The van der Waals surface area contributed by atoms with Gasteiger partial charge in [-0.3, -0.25) is 0 Å². The molecule has 0 saturated heterocycles. The van der Waals surface area contributed by atoms with E-state index in [-0.39, 0.29) is 0 Å². The summed E-state index contributed by atoms with van der Waals surface area (Å²) in [6.07, 6.45) is 4.04. The van der Waals surface area contributed by atoms with Crippen molar-refractivity contribution in [2.45, 2.75) is 56.2 Å². The molecule has 0 radical (unpaired) electrons. The predicted octanol–water partition coefficient (Wildman–Crippen LogP) is 5.34. The molecule has 2 rings (SSSR count). The zero-order chi connectivity index (χ0) is 14.5. The van der Waals surface area contributed by atoms with Crippen LogP contribution < -0.4 is 5.32 Å². The summed E-state index contributed by atoms with van der Waals surface area (Å²) in [5.74, 6) is 1.69. The van der Waals surface area contributed by atoms with E-state index in [1.165, 1.54) is 28.6 Å². The molecular formula is C17H26BrNS. The average molecular weight is 356 g/mol. The lowest BCUT2D eigenvalue weighted by Crippen LogP contribution is -2.43. The molecule has 1 fully saturated rings. The van der Waals surface area contributed by atoms with E-state index >= 15 is 0 Å². The third-order valence-corrected chi connectivity index (χ3v) is 6.17. The van der Waals surface area contributed by atoms with E-state index in [2.05, 4.69) is 78.0 Å². The van der Waals surface area contributed by atoms with Crippen molar-refractivity contribution in [3.63, 3.8) is 0 Å². The second-order valence-corrected chi connectivity index (χ2v) is 8.32. The minimum atomic E-state index is 0.666. The van der Waals surface area contributed by atoms with Crippen LogP contribution in [0, 0.1) is 11.8 Å². The molecule has 3 heteroatoms. The molecule has 0 aliphatic heterocycles. The highest BCUT2D eigenvalue weighted by atomic mass is 79.9. The van der Waals surface area contributed by atoms with Crippen LogP contribution in [-0.2, 0) is 0 Å². The first-order valence-corrected chi connectivity index (χ1v) is 9.43. The first-order valence-electron chi connectivity index (χ1n) is 7.75. The Kier molecular flexibility index (Phi) is 6.44. The van der Waals surface area contributed by atoms with Gasteiger partial charge >= 0.3 is 0 Å². The number of benzene rings is 1. The third kappa shape index (κ3) is 4.51. The molecule has 1 saturated carbocycles. The Morgan fingerprint density at radius 3 is 2.80 bits per heavy atom. The van der Waals surface area contributed by atoms with Crippen LogP contribution in [0.2, 0.25) is 0 Å². The third-order valence-electron chi connectivity index (χ3n) is 4.32. The summed E-state index contributed by atoms with van der Waals surface area (Å²) in [7, 11) is 0. The second-order valence-electron chi connectivity index (χ2n) is 6.09. The first kappa shape index (κ1) is 16.4. The van der Waals surface area contributed by atoms with E-state index in [9.17, 15) is 0 Å². The zero-order valence-electron chi connectivity index (χ0n) is 12.7. The lowest BCUT2D eigenvalue weighted by Gasteiger charge is -2.38. The van der Waals surface area contributed by atoms with Crippen LogP contribution in [0.3, 0.4) is 0 Å². The quantitative estimate of drug-likeness (QED) is 0.764. The van der Waals surface area contributed by atoms with Crippen molar-refractivity contribution in [1.82, 2.24) is 5.32 Å². The van der Waals surface area contributed by atoms with Crippen molar-refractivity contribution in [2.75, 3.05) is 6.54 Å². The van der Waals surface area contributed by atoms with Crippen LogP contribution in [0.4, 0.5) is 0 Å². The highest BCUT2D eigenvalue weighted by Gasteiger charge is 2.31. The van der Waals surface area contributed by atoms with Crippen molar-refractivity contribution in [2.24, 2.45) is 11.8 Å². The Hall–Kier alpha value is 0.01000. The fraction of sp³-hybridized carbons (Fsp3) is 0.647. The van der Waals surface area contributed by atoms with Crippen LogP contribution >= 0.6 is 27.7 Å². The molecule has 1 aliphatic rings. The van der Waals surface area contributed by atoms with Gasteiger partial charge in [-0.15, -0.1) is 11.8 Å². The molecule has 1 N–H and O–H groups in total. The first-order chi connectivity index (χ1) is 9.60. The number of hydrogen-bond donors (Lipinski definition) is 1. The number of thioether (sulfide) groups is 1. The van der Waals surface area contributed by atoms with Gasteiger partial charge in [0.1, 0.15) is 0 Å². The van der Waals surface area contributed by atoms with Gasteiger partial charge in [-0.1, -0.05) is 42.8 Å². The molecule has 0 amide bonds. The van der Waals surface area contributed by atoms with Crippen molar-refractivity contribution in [1.29, 1.82) is 0 Å². The topological polar surface area (TPSA) is 12.0 Å². The van der Waals surface area contributed by atoms with Gasteiger partial charge < -0.3 is 5.32 Å². The monoisotopic (exact) mass is 355 g/mol. The number of rotatable bonds is 5. The van der Waals surface area contributed by atoms with Crippen LogP contribution in [0.15, 0.2) is 33.6 Å². The van der Waals surface area contributed by atoms with E-state index in [4.69, 9.17) is 0 Å². The van der Waals surface area contributed by atoms with Crippen molar-refractivity contribution < 1.29 is 0 Å². The van der Waals surface area contributed by atoms with Crippen molar-refractivity contribution in [3.8, 4) is 0 Å². The lowest BCUT2D eigenvalue weighted by molar-refractivity contribution is 0.247. The fourth-order valence-electron chi connectivity index (χ4n) is 3.11. The van der Waals surface area contributed by atoms with E-state index in [1.807, 2.05) is 0 Å². The molecule has 1 aromatic carbocycles. The van der Waals surface area contributed by atoms with Gasteiger partial charge in [0, 0.05) is 20.7 Å². The molecule has 0 heterocycles. The van der Waals surface area contributed by atoms with E-state index in [1.54, 1.807) is 0 Å². The molecule has 1 aromatic rings. The van der Waals surface area contributed by atoms with E-state index in [0.29, 0.717) is 11.3 Å². The van der Waals surface area contributed by atoms with Gasteiger partial charge in [-0.2, -0.15) is 0 Å². The molecule has 1 nitrogen and oxygen atoms in total. The Bertz CT molecular complexity index is 421. The van der Waals surface area contributed by atoms with Crippen molar-refractivity contribution >= 4 is 27.7 Å². The van der Waals surface area contributed by atoms with E-state index in [0.717, 1.165) is 18.4 Å². The van der Waals surface area contributed by atoms with Crippen LogP contribution in [0.5, 0.6) is 0 Å².